The molecule has 0 spiro atoms. The van der Waals surface area contributed by atoms with Crippen molar-refractivity contribution >= 4 is 43.6 Å². The van der Waals surface area contributed by atoms with Gasteiger partial charge in [0.1, 0.15) is 22.5 Å². The van der Waals surface area contributed by atoms with Crippen LogP contribution in [0.5, 0.6) is 23.0 Å². The van der Waals surface area contributed by atoms with Gasteiger partial charge in [0.05, 0.1) is 16.4 Å². The number of hydrogen-bond donors (Lipinski definition) is 2. The number of aromatic hydroxyl groups is 2. The van der Waals surface area contributed by atoms with Crippen molar-refractivity contribution in [2.24, 2.45) is 0 Å². The van der Waals surface area contributed by atoms with Gasteiger partial charge in [0, 0.05) is 46.3 Å². The summed E-state index contributed by atoms with van der Waals surface area (Å²) in [5.74, 6) is 0.0000783. The van der Waals surface area contributed by atoms with E-state index in [1.165, 1.54) is 0 Å². The standard InChI is InChI=1S/C61H40N4O4/c66-53-9-1-5-49-45(29-33-62-57(49)53)37-13-21-41(22-14-37)61(42-23-15-38(16-24-42)46-30-34-63-58-50(46)6-2-10-54(58)67,43-25-17-39(18-26-43)47-31-35-64-59-51(47)7-3-11-55(59)68)44-27-19-40(20-28-44)48-32-36-65-60-52(48)8-4-12-56(60)69/h1-36,66-69H/p-2. The van der Waals surface area contributed by atoms with Crippen LogP contribution in [0.3, 0.4) is 0 Å². The summed E-state index contributed by atoms with van der Waals surface area (Å²) in [6, 6.07) is 63.6. The average molecular weight is 891 g/mol. The summed E-state index contributed by atoms with van der Waals surface area (Å²) in [5.41, 5.74) is 12.5. The van der Waals surface area contributed by atoms with Gasteiger partial charge < -0.3 is 20.4 Å². The van der Waals surface area contributed by atoms with Gasteiger partial charge in [-0.2, -0.15) is 0 Å². The number of hydrogen-bond acceptors (Lipinski definition) is 8. The number of nitrogens with zero attached hydrogens (tertiary/aromatic N) is 4. The van der Waals surface area contributed by atoms with Crippen molar-refractivity contribution in [3.8, 4) is 67.5 Å². The third-order valence-electron chi connectivity index (χ3n) is 13.5. The summed E-state index contributed by atoms with van der Waals surface area (Å²) in [7, 11) is 0. The summed E-state index contributed by atoms with van der Waals surface area (Å²) in [6.45, 7) is 0. The lowest BCUT2D eigenvalue weighted by atomic mass is 9.64. The molecule has 12 aromatic rings. The third kappa shape index (κ3) is 6.76. The van der Waals surface area contributed by atoms with Crippen LogP contribution in [0.25, 0.3) is 88.1 Å². The second kappa shape index (κ2) is 16.5. The van der Waals surface area contributed by atoms with Crippen molar-refractivity contribution in [2.75, 3.05) is 0 Å². The minimum Gasteiger partial charge on any atom is -0.871 e. The highest BCUT2D eigenvalue weighted by molar-refractivity contribution is 6.00. The maximum absolute atomic E-state index is 12.9. The van der Waals surface area contributed by atoms with Gasteiger partial charge in [-0.1, -0.05) is 169 Å². The minimum absolute atomic E-state index is 0.123. The number of para-hydroxylation sites is 4. The predicted octanol–water partition coefficient (Wildman–Crippen LogP) is 12.5. The van der Waals surface area contributed by atoms with Crippen LogP contribution in [0.15, 0.2) is 219 Å². The highest BCUT2D eigenvalue weighted by Gasteiger charge is 2.39. The smallest absolute Gasteiger partial charge is 0.141 e. The van der Waals surface area contributed by atoms with Crippen LogP contribution < -0.4 is 10.2 Å². The topological polar surface area (TPSA) is 138 Å². The summed E-state index contributed by atoms with van der Waals surface area (Å²) >= 11 is 0. The molecule has 2 N–H and O–H groups in total. The van der Waals surface area contributed by atoms with E-state index in [0.29, 0.717) is 22.1 Å². The molecule has 0 saturated carbocycles. The Hall–Kier alpha value is -9.40. The highest BCUT2D eigenvalue weighted by Crippen LogP contribution is 2.48. The van der Waals surface area contributed by atoms with E-state index >= 15 is 0 Å². The zero-order valence-corrected chi connectivity index (χ0v) is 36.8. The monoisotopic (exact) mass is 890 g/mol. The van der Waals surface area contributed by atoms with E-state index in [-0.39, 0.29) is 23.0 Å². The maximum Gasteiger partial charge on any atom is 0.141 e. The van der Waals surface area contributed by atoms with Gasteiger partial charge in [-0.25, -0.2) is 0 Å². The molecule has 4 aromatic heterocycles. The van der Waals surface area contributed by atoms with Crippen LogP contribution >= 0.6 is 0 Å². The Kier molecular flexibility index (Phi) is 9.81. The van der Waals surface area contributed by atoms with Crippen molar-refractivity contribution in [2.45, 2.75) is 5.41 Å². The molecule has 328 valence electrons. The summed E-state index contributed by atoms with van der Waals surface area (Å²) in [4.78, 5) is 17.8. The zero-order valence-electron chi connectivity index (χ0n) is 36.8. The first-order valence-corrected chi connectivity index (χ1v) is 22.5. The number of fused-ring (bicyclic) bond motifs is 4. The first-order chi connectivity index (χ1) is 33.9. The third-order valence-corrected chi connectivity index (χ3v) is 13.5. The van der Waals surface area contributed by atoms with Gasteiger partial charge in [0.2, 0.25) is 0 Å². The molecule has 8 heteroatoms. The van der Waals surface area contributed by atoms with Crippen molar-refractivity contribution in [3.05, 3.63) is 241 Å². The molecule has 12 rings (SSSR count). The molecule has 8 aromatic carbocycles. The van der Waals surface area contributed by atoms with Gasteiger partial charge >= 0.3 is 0 Å². The quantitative estimate of drug-likeness (QED) is 0.144. The van der Waals surface area contributed by atoms with E-state index < -0.39 is 5.41 Å². The Morgan fingerprint density at radius 2 is 0.551 bits per heavy atom. The highest BCUT2D eigenvalue weighted by atomic mass is 16.3. The fourth-order valence-electron chi connectivity index (χ4n) is 10.2. The van der Waals surface area contributed by atoms with Crippen LogP contribution in [-0.2, 0) is 5.41 Å². The number of benzene rings is 8. The largest absolute Gasteiger partial charge is 0.871 e. The number of phenols is 2. The van der Waals surface area contributed by atoms with Gasteiger partial charge in [0.15, 0.2) is 0 Å². The Morgan fingerprint density at radius 3 is 0.855 bits per heavy atom. The van der Waals surface area contributed by atoms with Crippen molar-refractivity contribution in [1.29, 1.82) is 0 Å². The second-order valence-electron chi connectivity index (χ2n) is 17.1. The first kappa shape index (κ1) is 41.1. The molecule has 0 fully saturated rings. The molecule has 0 saturated heterocycles. The second-order valence-corrected chi connectivity index (χ2v) is 17.1. The SMILES string of the molecule is [O-]c1cccc2c(-c3ccc(C(c4ccc(-c5ccnc6c([O-])cccc56)cc4)(c4ccc(-c5ccnc6c(O)cccc56)cc4)c4ccc(-c5ccnc6c(O)cccc56)cc4)cc3)ccnc12. The van der Waals surface area contributed by atoms with E-state index in [9.17, 15) is 20.4 Å². The van der Waals surface area contributed by atoms with Crippen molar-refractivity contribution in [1.82, 2.24) is 19.9 Å². The molecule has 69 heavy (non-hydrogen) atoms. The molecule has 0 radical (unpaired) electrons. The van der Waals surface area contributed by atoms with Gasteiger partial charge in [-0.15, -0.1) is 0 Å². The molecule has 0 amide bonds. The Balaban J connectivity index is 1.09. The van der Waals surface area contributed by atoms with E-state index in [1.807, 2.05) is 60.7 Å². The molecule has 4 heterocycles. The van der Waals surface area contributed by atoms with E-state index in [1.54, 1.807) is 61.2 Å². The molecule has 0 bridgehead atoms. The van der Waals surface area contributed by atoms with Gasteiger partial charge in [0.25, 0.3) is 0 Å². The number of pyridine rings is 4. The van der Waals surface area contributed by atoms with Gasteiger partial charge in [-0.3, -0.25) is 19.9 Å². The minimum atomic E-state index is -0.920. The van der Waals surface area contributed by atoms with E-state index in [2.05, 4.69) is 117 Å². The molecule has 0 aliphatic carbocycles. The Bertz CT molecular complexity index is 3410. The number of aromatic nitrogens is 4. The van der Waals surface area contributed by atoms with E-state index in [4.69, 9.17) is 0 Å². The van der Waals surface area contributed by atoms with Crippen LogP contribution in [0, 0.1) is 0 Å². The Labute approximate surface area is 396 Å². The normalized spacial score (nSPS) is 11.7. The van der Waals surface area contributed by atoms with Crippen LogP contribution in [0.1, 0.15) is 22.3 Å². The lowest BCUT2D eigenvalue weighted by Gasteiger charge is -2.37. The number of phenolic OH excluding ortho intramolecular Hbond substituents is 2. The number of rotatable bonds is 8. The lowest BCUT2D eigenvalue weighted by molar-refractivity contribution is -0.266. The first-order valence-electron chi connectivity index (χ1n) is 22.5. The van der Waals surface area contributed by atoms with Crippen LogP contribution in [0.4, 0.5) is 0 Å². The van der Waals surface area contributed by atoms with Crippen LogP contribution in [0.2, 0.25) is 0 Å². The van der Waals surface area contributed by atoms with E-state index in [0.717, 1.165) is 88.3 Å². The van der Waals surface area contributed by atoms with Crippen molar-refractivity contribution in [3.63, 3.8) is 0 Å². The molecule has 0 aliphatic heterocycles. The maximum atomic E-state index is 12.9. The molecular formula is C61H38N4O4-2. The van der Waals surface area contributed by atoms with Crippen LogP contribution in [-0.4, -0.2) is 30.1 Å². The average Bonchev–Trinajstić information content (AvgIpc) is 3.40. The molecule has 0 unspecified atom stereocenters. The molecular weight excluding hydrogens is 853 g/mol. The summed E-state index contributed by atoms with van der Waals surface area (Å²) in [5, 5.41) is 50.5. The summed E-state index contributed by atoms with van der Waals surface area (Å²) < 4.78 is 0. The predicted molar refractivity (Wildman–Crippen MR) is 270 cm³/mol. The molecule has 0 atom stereocenters. The fraction of sp³-hybridized carbons (Fsp3) is 0.0164. The Morgan fingerprint density at radius 1 is 0.290 bits per heavy atom. The fourth-order valence-corrected chi connectivity index (χ4v) is 10.2. The summed E-state index contributed by atoms with van der Waals surface area (Å²) in [6.07, 6.45) is 6.82. The zero-order chi connectivity index (χ0) is 46.6. The lowest BCUT2D eigenvalue weighted by Crippen LogP contribution is -2.31. The van der Waals surface area contributed by atoms with Crippen molar-refractivity contribution < 1.29 is 20.4 Å². The molecule has 8 nitrogen and oxygen atoms in total. The molecule has 0 aliphatic rings. The van der Waals surface area contributed by atoms with Gasteiger partial charge in [-0.05, 0) is 103 Å².